The quantitative estimate of drug-likeness (QED) is 0.421. The molecule has 1 fully saturated rings. The van der Waals surface area contributed by atoms with Crippen molar-refractivity contribution in [1.82, 2.24) is 4.90 Å². The smallest absolute Gasteiger partial charge is 0.294 e. The molecule has 1 saturated heterocycles. The maximum atomic E-state index is 12.8. The Morgan fingerprint density at radius 1 is 1.31 bits per heavy atom. The SMILES string of the molecule is C=CCc1cc(/C=C2/SC(=O)N(CC(=O)Nc3ccccc3Cl)C2=O)cc(OCC)c1O. The van der Waals surface area contributed by atoms with E-state index in [4.69, 9.17) is 16.3 Å². The van der Waals surface area contributed by atoms with Crippen LogP contribution >= 0.6 is 23.4 Å². The standard InChI is InChI=1S/C23H21ClN2O5S/c1-3-7-15-10-14(11-18(21(15)28)31-4-2)12-19-22(29)26(23(30)32-19)13-20(27)25-17-9-6-5-8-16(17)24/h3,5-6,8-12,28H,1,4,7,13H2,2H3,(H,25,27)/b19-12+. The van der Waals surface area contributed by atoms with Crippen molar-refractivity contribution >= 4 is 52.2 Å². The summed E-state index contributed by atoms with van der Waals surface area (Å²) in [6.45, 7) is 5.38. The fraction of sp³-hybridized carbons (Fsp3) is 0.174. The van der Waals surface area contributed by atoms with Crippen LogP contribution in [0.2, 0.25) is 5.02 Å². The van der Waals surface area contributed by atoms with Gasteiger partial charge in [-0.15, -0.1) is 6.58 Å². The number of carbonyl (C=O) groups is 3. The number of thioether (sulfide) groups is 1. The number of hydrogen-bond donors (Lipinski definition) is 2. The summed E-state index contributed by atoms with van der Waals surface area (Å²) in [5, 5.41) is 12.7. The Balaban J connectivity index is 1.80. The number of nitrogens with zero attached hydrogens (tertiary/aromatic N) is 1. The molecular formula is C23H21ClN2O5S. The van der Waals surface area contributed by atoms with Gasteiger partial charge in [-0.05, 0) is 61.0 Å². The van der Waals surface area contributed by atoms with Gasteiger partial charge in [-0.2, -0.15) is 0 Å². The topological polar surface area (TPSA) is 95.9 Å². The predicted octanol–water partition coefficient (Wildman–Crippen LogP) is 4.85. The molecule has 32 heavy (non-hydrogen) atoms. The Bertz CT molecular complexity index is 1120. The maximum Gasteiger partial charge on any atom is 0.294 e. The average Bonchev–Trinajstić information content (AvgIpc) is 3.00. The largest absolute Gasteiger partial charge is 0.504 e. The van der Waals surface area contributed by atoms with Gasteiger partial charge < -0.3 is 15.2 Å². The van der Waals surface area contributed by atoms with Crippen LogP contribution in [0.3, 0.4) is 0 Å². The second kappa shape index (κ2) is 10.4. The van der Waals surface area contributed by atoms with Crippen molar-refractivity contribution in [3.8, 4) is 11.5 Å². The number of allylic oxidation sites excluding steroid dienone is 1. The van der Waals surface area contributed by atoms with Crippen molar-refractivity contribution in [2.24, 2.45) is 0 Å². The second-order valence-corrected chi connectivity index (χ2v) is 8.15. The van der Waals surface area contributed by atoms with Crippen LogP contribution in [0.4, 0.5) is 10.5 Å². The van der Waals surface area contributed by atoms with Crippen molar-refractivity contribution in [3.63, 3.8) is 0 Å². The third-order valence-corrected chi connectivity index (χ3v) is 5.70. The Morgan fingerprint density at radius 3 is 2.75 bits per heavy atom. The summed E-state index contributed by atoms with van der Waals surface area (Å²) in [4.78, 5) is 38.5. The summed E-state index contributed by atoms with van der Waals surface area (Å²) < 4.78 is 5.47. The number of anilines is 1. The highest BCUT2D eigenvalue weighted by molar-refractivity contribution is 8.18. The molecule has 1 aliphatic rings. The van der Waals surface area contributed by atoms with Gasteiger partial charge in [0.15, 0.2) is 11.5 Å². The van der Waals surface area contributed by atoms with Crippen LogP contribution in [-0.4, -0.2) is 40.2 Å². The van der Waals surface area contributed by atoms with Gasteiger partial charge in [0.1, 0.15) is 6.54 Å². The number of benzene rings is 2. The van der Waals surface area contributed by atoms with E-state index in [1.54, 1.807) is 49.4 Å². The van der Waals surface area contributed by atoms with E-state index in [2.05, 4.69) is 11.9 Å². The number of phenols is 1. The minimum atomic E-state index is -0.578. The highest BCUT2D eigenvalue weighted by atomic mass is 35.5. The number of para-hydroxylation sites is 1. The number of imide groups is 1. The molecule has 0 unspecified atom stereocenters. The van der Waals surface area contributed by atoms with E-state index in [1.807, 2.05) is 0 Å². The zero-order valence-corrected chi connectivity index (χ0v) is 18.8. The van der Waals surface area contributed by atoms with Gasteiger partial charge in [-0.3, -0.25) is 19.3 Å². The van der Waals surface area contributed by atoms with Gasteiger partial charge in [0.2, 0.25) is 5.91 Å². The molecule has 1 heterocycles. The minimum Gasteiger partial charge on any atom is -0.504 e. The molecular weight excluding hydrogens is 452 g/mol. The number of aromatic hydroxyl groups is 1. The van der Waals surface area contributed by atoms with Crippen LogP contribution in [0.5, 0.6) is 11.5 Å². The van der Waals surface area contributed by atoms with E-state index in [9.17, 15) is 19.5 Å². The first-order chi connectivity index (χ1) is 15.3. The van der Waals surface area contributed by atoms with Gasteiger partial charge in [-0.1, -0.05) is 29.8 Å². The minimum absolute atomic E-state index is 0.00764. The molecule has 3 rings (SSSR count). The lowest BCUT2D eigenvalue weighted by Crippen LogP contribution is -2.36. The van der Waals surface area contributed by atoms with Crippen molar-refractivity contribution in [2.45, 2.75) is 13.3 Å². The van der Waals surface area contributed by atoms with Gasteiger partial charge in [0.25, 0.3) is 11.1 Å². The Labute approximate surface area is 194 Å². The van der Waals surface area contributed by atoms with Crippen LogP contribution < -0.4 is 10.1 Å². The van der Waals surface area contributed by atoms with E-state index in [0.29, 0.717) is 34.9 Å². The average molecular weight is 473 g/mol. The first-order valence-electron chi connectivity index (χ1n) is 9.73. The fourth-order valence-electron chi connectivity index (χ4n) is 3.03. The van der Waals surface area contributed by atoms with Gasteiger partial charge >= 0.3 is 0 Å². The summed E-state index contributed by atoms with van der Waals surface area (Å²) in [5.41, 5.74) is 1.55. The summed E-state index contributed by atoms with van der Waals surface area (Å²) in [6.07, 6.45) is 3.57. The maximum absolute atomic E-state index is 12.8. The molecule has 0 saturated carbocycles. The number of ether oxygens (including phenoxy) is 1. The fourth-order valence-corrected chi connectivity index (χ4v) is 4.05. The van der Waals surface area contributed by atoms with Crippen LogP contribution in [0.1, 0.15) is 18.1 Å². The molecule has 0 aliphatic carbocycles. The number of halogens is 1. The van der Waals surface area contributed by atoms with Crippen LogP contribution in [0.15, 0.2) is 54.0 Å². The molecule has 1 aliphatic heterocycles. The molecule has 0 bridgehead atoms. The van der Waals surface area contributed by atoms with E-state index in [0.717, 1.165) is 16.7 Å². The third-order valence-electron chi connectivity index (χ3n) is 4.46. The summed E-state index contributed by atoms with van der Waals surface area (Å²) in [7, 11) is 0. The van der Waals surface area contributed by atoms with Crippen LogP contribution in [0.25, 0.3) is 6.08 Å². The molecule has 0 radical (unpaired) electrons. The lowest BCUT2D eigenvalue weighted by atomic mass is 10.1. The van der Waals surface area contributed by atoms with Gasteiger partial charge in [0.05, 0.1) is 22.2 Å². The number of carbonyl (C=O) groups excluding carboxylic acids is 3. The first kappa shape index (κ1) is 23.4. The number of amides is 3. The molecule has 3 amide bonds. The zero-order chi connectivity index (χ0) is 23.3. The van der Waals surface area contributed by atoms with E-state index in [-0.39, 0.29) is 16.4 Å². The number of phenolic OH excluding ortho intramolecular Hbond substituents is 1. The highest BCUT2D eigenvalue weighted by Crippen LogP contribution is 2.36. The monoisotopic (exact) mass is 472 g/mol. The summed E-state index contributed by atoms with van der Waals surface area (Å²) in [5.74, 6) is -0.839. The molecule has 2 aromatic rings. The molecule has 0 atom stereocenters. The van der Waals surface area contributed by atoms with Gasteiger partial charge in [0, 0.05) is 5.56 Å². The molecule has 0 aromatic heterocycles. The van der Waals surface area contributed by atoms with Crippen LogP contribution in [0, 0.1) is 0 Å². The first-order valence-corrected chi connectivity index (χ1v) is 10.9. The van der Waals surface area contributed by atoms with Crippen molar-refractivity contribution in [2.75, 3.05) is 18.5 Å². The van der Waals surface area contributed by atoms with Crippen molar-refractivity contribution in [3.05, 3.63) is 70.1 Å². The Morgan fingerprint density at radius 2 is 2.06 bits per heavy atom. The van der Waals surface area contributed by atoms with Gasteiger partial charge in [-0.25, -0.2) is 0 Å². The molecule has 2 aromatic carbocycles. The normalized spacial score (nSPS) is 14.7. The lowest BCUT2D eigenvalue weighted by molar-refractivity contribution is -0.127. The molecule has 9 heteroatoms. The predicted molar refractivity (Wildman–Crippen MR) is 126 cm³/mol. The van der Waals surface area contributed by atoms with Crippen molar-refractivity contribution < 1.29 is 24.2 Å². The lowest BCUT2D eigenvalue weighted by Gasteiger charge is -2.13. The number of hydrogen-bond acceptors (Lipinski definition) is 6. The molecule has 2 N–H and O–H groups in total. The second-order valence-electron chi connectivity index (χ2n) is 6.75. The van der Waals surface area contributed by atoms with E-state index in [1.165, 1.54) is 6.08 Å². The van der Waals surface area contributed by atoms with Crippen molar-refractivity contribution in [1.29, 1.82) is 0 Å². The number of rotatable bonds is 8. The van der Waals surface area contributed by atoms with E-state index < -0.39 is 23.6 Å². The molecule has 7 nitrogen and oxygen atoms in total. The van der Waals surface area contributed by atoms with Crippen LogP contribution in [-0.2, 0) is 16.0 Å². The third kappa shape index (κ3) is 5.33. The molecule has 166 valence electrons. The molecule has 0 spiro atoms. The highest BCUT2D eigenvalue weighted by Gasteiger charge is 2.36. The summed E-state index contributed by atoms with van der Waals surface area (Å²) >= 11 is 6.77. The Kier molecular flexibility index (Phi) is 7.61. The van der Waals surface area contributed by atoms with E-state index >= 15 is 0 Å². The number of nitrogens with one attached hydrogen (secondary N) is 1. The summed E-state index contributed by atoms with van der Waals surface area (Å²) in [6, 6.07) is 9.95. The Hall–Kier alpha value is -3.23. The zero-order valence-electron chi connectivity index (χ0n) is 17.3.